The molecule has 0 aliphatic carbocycles. The number of carbonyl (C=O) groups is 1. The summed E-state index contributed by atoms with van der Waals surface area (Å²) in [5, 5.41) is 3.11. The van der Waals surface area contributed by atoms with Crippen LogP contribution in [-0.4, -0.2) is 37.6 Å². The Labute approximate surface area is 133 Å². The topological polar surface area (TPSA) is 41.6 Å². The monoisotopic (exact) mass is 304 g/mol. The van der Waals surface area contributed by atoms with Crippen LogP contribution in [-0.2, 0) is 4.79 Å². The van der Waals surface area contributed by atoms with Crippen LogP contribution in [0.15, 0.2) is 24.3 Å². The van der Waals surface area contributed by atoms with E-state index in [1.165, 1.54) is 0 Å². The van der Waals surface area contributed by atoms with Crippen LogP contribution in [0.3, 0.4) is 0 Å². The van der Waals surface area contributed by atoms with Crippen molar-refractivity contribution < 1.29 is 9.53 Å². The fourth-order valence-electron chi connectivity index (χ4n) is 2.93. The Kier molecular flexibility index (Phi) is 6.25. The molecule has 1 amide bonds. The highest BCUT2D eigenvalue weighted by Gasteiger charge is 2.20. The van der Waals surface area contributed by atoms with Crippen molar-refractivity contribution in [1.29, 1.82) is 0 Å². The summed E-state index contributed by atoms with van der Waals surface area (Å²) in [6, 6.07) is 7.99. The van der Waals surface area contributed by atoms with Crippen LogP contribution in [0.25, 0.3) is 0 Å². The van der Waals surface area contributed by atoms with Crippen molar-refractivity contribution in [2.45, 2.75) is 39.2 Å². The lowest BCUT2D eigenvalue weighted by Crippen LogP contribution is -2.34. The first kappa shape index (κ1) is 16.8. The number of amides is 1. The number of hydrogen-bond acceptors (Lipinski definition) is 3. The van der Waals surface area contributed by atoms with Crippen LogP contribution in [0.4, 0.5) is 0 Å². The SMILES string of the molecule is CCOc1ccc([C@@H](C)NC(=O)CC2CCN(C)CC2)cc1. The lowest BCUT2D eigenvalue weighted by atomic mass is 9.93. The zero-order valence-corrected chi connectivity index (χ0v) is 14.0. The van der Waals surface area contributed by atoms with Gasteiger partial charge in [-0.3, -0.25) is 4.79 Å². The van der Waals surface area contributed by atoms with E-state index in [0.29, 0.717) is 18.9 Å². The van der Waals surface area contributed by atoms with Crippen LogP contribution in [0.2, 0.25) is 0 Å². The van der Waals surface area contributed by atoms with E-state index in [2.05, 4.69) is 17.3 Å². The summed E-state index contributed by atoms with van der Waals surface area (Å²) in [5.74, 6) is 1.57. The van der Waals surface area contributed by atoms with Gasteiger partial charge in [-0.2, -0.15) is 0 Å². The number of likely N-dealkylation sites (tertiary alicyclic amines) is 1. The van der Waals surface area contributed by atoms with E-state index >= 15 is 0 Å². The molecule has 0 spiro atoms. The molecule has 2 rings (SSSR count). The number of rotatable bonds is 6. The fourth-order valence-corrected chi connectivity index (χ4v) is 2.93. The second-order valence-corrected chi connectivity index (χ2v) is 6.24. The van der Waals surface area contributed by atoms with Crippen molar-refractivity contribution in [1.82, 2.24) is 10.2 Å². The van der Waals surface area contributed by atoms with E-state index in [-0.39, 0.29) is 11.9 Å². The zero-order chi connectivity index (χ0) is 15.9. The van der Waals surface area contributed by atoms with E-state index in [4.69, 9.17) is 4.74 Å². The first-order valence-electron chi connectivity index (χ1n) is 8.29. The van der Waals surface area contributed by atoms with Gasteiger partial charge < -0.3 is 15.0 Å². The minimum atomic E-state index is 0.0365. The molecule has 1 fully saturated rings. The van der Waals surface area contributed by atoms with Crippen molar-refractivity contribution in [3.05, 3.63) is 29.8 Å². The van der Waals surface area contributed by atoms with Gasteiger partial charge in [-0.05, 0) is 70.4 Å². The third kappa shape index (κ3) is 5.02. The highest BCUT2D eigenvalue weighted by atomic mass is 16.5. The number of hydrogen-bond donors (Lipinski definition) is 1. The number of benzene rings is 1. The zero-order valence-electron chi connectivity index (χ0n) is 14.0. The number of nitrogens with zero attached hydrogens (tertiary/aromatic N) is 1. The van der Waals surface area contributed by atoms with E-state index in [1.54, 1.807) is 0 Å². The Morgan fingerprint density at radius 3 is 2.55 bits per heavy atom. The lowest BCUT2D eigenvalue weighted by molar-refractivity contribution is -0.123. The maximum absolute atomic E-state index is 12.2. The molecule has 1 aromatic carbocycles. The second kappa shape index (κ2) is 8.18. The normalized spacial score (nSPS) is 18.0. The molecule has 1 atom stereocenters. The van der Waals surface area contributed by atoms with Gasteiger partial charge in [0.15, 0.2) is 0 Å². The van der Waals surface area contributed by atoms with Crippen molar-refractivity contribution >= 4 is 5.91 Å². The highest BCUT2D eigenvalue weighted by molar-refractivity contribution is 5.76. The Morgan fingerprint density at radius 1 is 1.32 bits per heavy atom. The largest absolute Gasteiger partial charge is 0.494 e. The predicted octanol–water partition coefficient (Wildman–Crippen LogP) is 2.99. The predicted molar refractivity (Wildman–Crippen MR) is 89.0 cm³/mol. The molecule has 4 heteroatoms. The molecule has 4 nitrogen and oxygen atoms in total. The molecule has 1 N–H and O–H groups in total. The summed E-state index contributed by atoms with van der Waals surface area (Å²) in [6.45, 7) is 6.88. The summed E-state index contributed by atoms with van der Waals surface area (Å²) in [6.07, 6.45) is 2.90. The maximum Gasteiger partial charge on any atom is 0.220 e. The van der Waals surface area contributed by atoms with E-state index < -0.39 is 0 Å². The Morgan fingerprint density at radius 2 is 1.95 bits per heavy atom. The molecular formula is C18H28N2O2. The van der Waals surface area contributed by atoms with Gasteiger partial charge >= 0.3 is 0 Å². The second-order valence-electron chi connectivity index (χ2n) is 6.24. The van der Waals surface area contributed by atoms with E-state index in [9.17, 15) is 4.79 Å². The van der Waals surface area contributed by atoms with Gasteiger partial charge in [0, 0.05) is 6.42 Å². The van der Waals surface area contributed by atoms with Crippen LogP contribution < -0.4 is 10.1 Å². The number of nitrogens with one attached hydrogen (secondary N) is 1. The molecular weight excluding hydrogens is 276 g/mol. The molecule has 1 heterocycles. The molecule has 0 bridgehead atoms. The van der Waals surface area contributed by atoms with Gasteiger partial charge in [-0.25, -0.2) is 0 Å². The van der Waals surface area contributed by atoms with Crippen molar-refractivity contribution in [2.24, 2.45) is 5.92 Å². The summed E-state index contributed by atoms with van der Waals surface area (Å²) in [5.41, 5.74) is 1.11. The van der Waals surface area contributed by atoms with Crippen molar-refractivity contribution in [3.8, 4) is 5.75 Å². The minimum Gasteiger partial charge on any atom is -0.494 e. The Bertz CT molecular complexity index is 464. The number of carbonyl (C=O) groups excluding carboxylic acids is 1. The first-order chi connectivity index (χ1) is 10.6. The molecule has 1 aliphatic heterocycles. The molecule has 0 radical (unpaired) electrons. The molecule has 0 unspecified atom stereocenters. The van der Waals surface area contributed by atoms with Crippen LogP contribution in [0.5, 0.6) is 5.75 Å². The van der Waals surface area contributed by atoms with Gasteiger partial charge in [0.1, 0.15) is 5.75 Å². The molecule has 0 saturated carbocycles. The standard InChI is InChI=1S/C18H28N2O2/c1-4-22-17-7-5-16(6-8-17)14(2)19-18(21)13-15-9-11-20(3)12-10-15/h5-8,14-15H,4,9-13H2,1-3H3,(H,19,21)/t14-/m1/s1. The first-order valence-corrected chi connectivity index (χ1v) is 8.29. The molecule has 1 aliphatic rings. The summed E-state index contributed by atoms with van der Waals surface area (Å²) >= 11 is 0. The van der Waals surface area contributed by atoms with Gasteiger partial charge in [0.2, 0.25) is 5.91 Å². The quantitative estimate of drug-likeness (QED) is 0.878. The summed E-state index contributed by atoms with van der Waals surface area (Å²) in [7, 11) is 2.14. The highest BCUT2D eigenvalue weighted by Crippen LogP contribution is 2.21. The van der Waals surface area contributed by atoms with Gasteiger partial charge in [-0.1, -0.05) is 12.1 Å². The minimum absolute atomic E-state index is 0.0365. The summed E-state index contributed by atoms with van der Waals surface area (Å²) in [4.78, 5) is 14.5. The fraction of sp³-hybridized carbons (Fsp3) is 0.611. The molecule has 22 heavy (non-hydrogen) atoms. The number of ether oxygens (including phenoxy) is 1. The average Bonchev–Trinajstić information content (AvgIpc) is 2.50. The molecule has 1 saturated heterocycles. The Hall–Kier alpha value is -1.55. The number of piperidine rings is 1. The Balaban J connectivity index is 1.80. The smallest absolute Gasteiger partial charge is 0.220 e. The van der Waals surface area contributed by atoms with Gasteiger partial charge in [0.05, 0.1) is 12.6 Å². The van der Waals surface area contributed by atoms with Crippen molar-refractivity contribution in [3.63, 3.8) is 0 Å². The third-order valence-corrected chi connectivity index (χ3v) is 4.38. The third-order valence-electron chi connectivity index (χ3n) is 4.38. The van der Waals surface area contributed by atoms with Crippen LogP contribution >= 0.6 is 0 Å². The van der Waals surface area contributed by atoms with Gasteiger partial charge in [0.25, 0.3) is 0 Å². The average molecular weight is 304 g/mol. The molecule has 1 aromatic rings. The van der Waals surface area contributed by atoms with Crippen LogP contribution in [0.1, 0.15) is 44.7 Å². The van der Waals surface area contributed by atoms with Crippen LogP contribution in [0, 0.1) is 5.92 Å². The molecule has 0 aromatic heterocycles. The van der Waals surface area contributed by atoms with E-state index in [1.807, 2.05) is 38.1 Å². The van der Waals surface area contributed by atoms with E-state index in [0.717, 1.165) is 37.2 Å². The maximum atomic E-state index is 12.2. The van der Waals surface area contributed by atoms with Gasteiger partial charge in [-0.15, -0.1) is 0 Å². The molecule has 122 valence electrons. The lowest BCUT2D eigenvalue weighted by Gasteiger charge is -2.28. The summed E-state index contributed by atoms with van der Waals surface area (Å²) < 4.78 is 5.44. The van der Waals surface area contributed by atoms with Crippen molar-refractivity contribution in [2.75, 3.05) is 26.7 Å².